The van der Waals surface area contributed by atoms with E-state index in [1.54, 1.807) is 22.7 Å². The zero-order valence-corrected chi connectivity index (χ0v) is 16.8. The number of aryl methyl sites for hydroxylation is 2. The Morgan fingerprint density at radius 3 is 2.18 bits per heavy atom. The molecule has 0 unspecified atom stereocenters. The van der Waals surface area contributed by atoms with Crippen molar-refractivity contribution in [2.24, 2.45) is 0 Å². The Kier molecular flexibility index (Phi) is 4.10. The predicted molar refractivity (Wildman–Crippen MR) is 98.3 cm³/mol. The molecule has 1 aliphatic rings. The smallest absolute Gasteiger partial charge is 0.399 e. The molecule has 2 aromatic rings. The van der Waals surface area contributed by atoms with E-state index in [1.807, 2.05) is 6.92 Å². The molecule has 3 heterocycles. The van der Waals surface area contributed by atoms with Gasteiger partial charge in [0.1, 0.15) is 5.01 Å². The minimum atomic E-state index is -0.309. The summed E-state index contributed by atoms with van der Waals surface area (Å²) in [6, 6.07) is 2.16. The molecule has 0 aromatic carbocycles. The van der Waals surface area contributed by atoms with Crippen LogP contribution in [0.25, 0.3) is 9.88 Å². The van der Waals surface area contributed by atoms with Gasteiger partial charge in [-0.15, -0.1) is 22.7 Å². The highest BCUT2D eigenvalue weighted by molar-refractivity contribution is 9.11. The van der Waals surface area contributed by atoms with Gasteiger partial charge in [-0.2, -0.15) is 0 Å². The second-order valence-electron chi connectivity index (χ2n) is 6.63. The summed E-state index contributed by atoms with van der Waals surface area (Å²) < 4.78 is 14.5. The van der Waals surface area contributed by atoms with E-state index in [2.05, 4.69) is 61.6 Å². The zero-order chi connectivity index (χ0) is 16.3. The van der Waals surface area contributed by atoms with Crippen molar-refractivity contribution in [3.8, 4) is 9.88 Å². The van der Waals surface area contributed by atoms with Crippen LogP contribution in [-0.4, -0.2) is 23.3 Å². The van der Waals surface area contributed by atoms with E-state index < -0.39 is 0 Å². The molecule has 0 amide bonds. The van der Waals surface area contributed by atoms with Gasteiger partial charge in [0.25, 0.3) is 0 Å². The van der Waals surface area contributed by atoms with E-state index in [9.17, 15) is 0 Å². The van der Waals surface area contributed by atoms with Crippen LogP contribution in [-0.2, 0) is 9.31 Å². The number of thiophene rings is 1. The summed E-state index contributed by atoms with van der Waals surface area (Å²) in [5, 5.41) is 1.05. The van der Waals surface area contributed by atoms with Gasteiger partial charge < -0.3 is 9.31 Å². The molecule has 118 valence electrons. The first-order valence-electron chi connectivity index (χ1n) is 7.20. The van der Waals surface area contributed by atoms with Crippen LogP contribution in [0.3, 0.4) is 0 Å². The topological polar surface area (TPSA) is 31.4 Å². The van der Waals surface area contributed by atoms with Crippen LogP contribution < -0.4 is 4.78 Å². The lowest BCUT2D eigenvalue weighted by molar-refractivity contribution is 0.00578. The first-order chi connectivity index (χ1) is 10.1. The molecule has 3 rings (SSSR count). The summed E-state index contributed by atoms with van der Waals surface area (Å²) in [5.41, 5.74) is 1.63. The predicted octanol–water partition coefficient (Wildman–Crippen LogP) is 4.55. The van der Waals surface area contributed by atoms with Crippen molar-refractivity contribution in [1.82, 2.24) is 4.98 Å². The molecular formula is C15H19BBrNO2S2. The summed E-state index contributed by atoms with van der Waals surface area (Å²) >= 11 is 6.93. The highest BCUT2D eigenvalue weighted by Gasteiger charge is 2.52. The fraction of sp³-hybridized carbons (Fsp3) is 0.533. The van der Waals surface area contributed by atoms with Gasteiger partial charge in [-0.3, -0.25) is 0 Å². The van der Waals surface area contributed by atoms with E-state index in [0.717, 1.165) is 19.3 Å². The van der Waals surface area contributed by atoms with E-state index >= 15 is 0 Å². The Hall–Kier alpha value is -0.205. The molecule has 7 heteroatoms. The van der Waals surface area contributed by atoms with Gasteiger partial charge in [-0.25, -0.2) is 4.98 Å². The molecule has 3 nitrogen and oxygen atoms in total. The molecule has 0 aliphatic carbocycles. The van der Waals surface area contributed by atoms with E-state index in [-0.39, 0.29) is 18.3 Å². The summed E-state index contributed by atoms with van der Waals surface area (Å²) in [5.74, 6) is 0. The largest absolute Gasteiger partial charge is 0.505 e. The first-order valence-corrected chi connectivity index (χ1v) is 9.62. The van der Waals surface area contributed by atoms with Crippen LogP contribution in [0.2, 0.25) is 0 Å². The molecule has 22 heavy (non-hydrogen) atoms. The molecule has 0 N–H and O–H groups in total. The van der Waals surface area contributed by atoms with Gasteiger partial charge in [0, 0.05) is 4.78 Å². The highest BCUT2D eigenvalue weighted by atomic mass is 79.9. The maximum absolute atomic E-state index is 6.15. The molecule has 1 fully saturated rings. The zero-order valence-electron chi connectivity index (χ0n) is 13.6. The number of aromatic nitrogens is 1. The normalized spacial score (nSPS) is 19.9. The van der Waals surface area contributed by atoms with Crippen LogP contribution in [0.5, 0.6) is 0 Å². The molecule has 0 radical (unpaired) electrons. The number of hydrogen-bond acceptors (Lipinski definition) is 5. The van der Waals surface area contributed by atoms with E-state index in [0.29, 0.717) is 0 Å². The summed E-state index contributed by atoms with van der Waals surface area (Å²) in [6.07, 6.45) is 0. The number of halogens is 1. The maximum Gasteiger partial charge on any atom is 0.505 e. The SMILES string of the molecule is Cc1cc(B2OC(C)(C)C(C)(C)O2)sc1-c1nc(C)c(Br)s1. The molecule has 0 saturated carbocycles. The number of rotatable bonds is 2. The van der Waals surface area contributed by atoms with Crippen LogP contribution >= 0.6 is 38.6 Å². The Morgan fingerprint density at radius 1 is 1.09 bits per heavy atom. The molecule has 0 spiro atoms. The molecule has 2 aromatic heterocycles. The molecule has 1 saturated heterocycles. The lowest BCUT2D eigenvalue weighted by atomic mass is 9.87. The Morgan fingerprint density at radius 2 is 1.68 bits per heavy atom. The fourth-order valence-corrected chi connectivity index (χ4v) is 4.88. The van der Waals surface area contributed by atoms with Gasteiger partial charge in [-0.05, 0) is 69.1 Å². The fourth-order valence-electron chi connectivity index (χ4n) is 2.27. The van der Waals surface area contributed by atoms with Crippen LogP contribution in [0.1, 0.15) is 39.0 Å². The summed E-state index contributed by atoms with van der Waals surface area (Å²) in [7, 11) is -0.299. The van der Waals surface area contributed by atoms with Crippen molar-refractivity contribution < 1.29 is 9.31 Å². The van der Waals surface area contributed by atoms with Crippen LogP contribution in [0.15, 0.2) is 9.85 Å². The Labute approximate surface area is 148 Å². The van der Waals surface area contributed by atoms with Crippen molar-refractivity contribution in [3.63, 3.8) is 0 Å². The monoisotopic (exact) mass is 399 g/mol. The molecule has 1 aliphatic heterocycles. The van der Waals surface area contributed by atoms with Crippen molar-refractivity contribution >= 4 is 50.5 Å². The number of hydrogen-bond donors (Lipinski definition) is 0. The highest BCUT2D eigenvalue weighted by Crippen LogP contribution is 2.39. The standard InChI is InChI=1S/C15H19BBrNO2S2/c1-8-7-10(16-19-14(3,4)15(5,6)20-16)21-11(8)13-18-9(2)12(17)22-13/h7H,1-6H3. The molecule has 0 bridgehead atoms. The van der Waals surface area contributed by atoms with Crippen LogP contribution in [0.4, 0.5) is 0 Å². The van der Waals surface area contributed by atoms with Crippen molar-refractivity contribution in [3.05, 3.63) is 21.1 Å². The van der Waals surface area contributed by atoms with Gasteiger partial charge in [0.15, 0.2) is 0 Å². The van der Waals surface area contributed by atoms with Crippen LogP contribution in [0, 0.1) is 13.8 Å². The lowest BCUT2D eigenvalue weighted by Gasteiger charge is -2.32. The second kappa shape index (κ2) is 5.41. The van der Waals surface area contributed by atoms with E-state index in [4.69, 9.17) is 9.31 Å². The lowest BCUT2D eigenvalue weighted by Crippen LogP contribution is -2.41. The van der Waals surface area contributed by atoms with Crippen molar-refractivity contribution in [1.29, 1.82) is 0 Å². The number of nitrogens with zero attached hydrogens (tertiary/aromatic N) is 1. The number of thiazole rings is 1. The Balaban J connectivity index is 1.94. The van der Waals surface area contributed by atoms with Gasteiger partial charge in [0.2, 0.25) is 0 Å². The minimum absolute atomic E-state index is 0.299. The van der Waals surface area contributed by atoms with Crippen molar-refractivity contribution in [2.45, 2.75) is 52.7 Å². The average Bonchev–Trinajstić information content (AvgIpc) is 2.97. The third kappa shape index (κ3) is 2.71. The summed E-state index contributed by atoms with van der Waals surface area (Å²) in [4.78, 5) is 5.84. The van der Waals surface area contributed by atoms with Gasteiger partial charge >= 0.3 is 7.12 Å². The van der Waals surface area contributed by atoms with Gasteiger partial charge in [0.05, 0.1) is 25.6 Å². The molecule has 0 atom stereocenters. The first kappa shape index (κ1) is 16.6. The van der Waals surface area contributed by atoms with Gasteiger partial charge in [-0.1, -0.05) is 0 Å². The van der Waals surface area contributed by atoms with E-state index in [1.165, 1.54) is 10.4 Å². The summed E-state index contributed by atoms with van der Waals surface area (Å²) in [6.45, 7) is 12.4. The third-order valence-corrected chi connectivity index (χ3v) is 7.77. The maximum atomic E-state index is 6.15. The quantitative estimate of drug-likeness (QED) is 0.694. The third-order valence-electron chi connectivity index (χ3n) is 4.36. The van der Waals surface area contributed by atoms with Crippen molar-refractivity contribution in [2.75, 3.05) is 0 Å². The Bertz CT molecular complexity index is 688. The molecular weight excluding hydrogens is 381 g/mol. The second-order valence-corrected chi connectivity index (χ2v) is 10.0. The average molecular weight is 400 g/mol. The minimum Gasteiger partial charge on any atom is -0.399 e.